The van der Waals surface area contributed by atoms with E-state index >= 15 is 0 Å². The van der Waals surface area contributed by atoms with E-state index < -0.39 is 4.92 Å². The van der Waals surface area contributed by atoms with Crippen LogP contribution in [0.15, 0.2) is 61.2 Å². The van der Waals surface area contributed by atoms with Crippen molar-refractivity contribution in [3.8, 4) is 11.4 Å². The van der Waals surface area contributed by atoms with Gasteiger partial charge in [0.05, 0.1) is 10.6 Å². The molecule has 2 aromatic carbocycles. The van der Waals surface area contributed by atoms with Crippen molar-refractivity contribution in [2.24, 2.45) is 0 Å². The Kier molecular flexibility index (Phi) is 4.65. The number of carbonyl (C=O) groups is 1. The largest absolute Gasteiger partial charge is 0.484 e. The lowest BCUT2D eigenvalue weighted by Crippen LogP contribution is -2.20. The van der Waals surface area contributed by atoms with Crippen LogP contribution in [0.5, 0.6) is 5.75 Å². The van der Waals surface area contributed by atoms with Crippen molar-refractivity contribution in [2.45, 2.75) is 0 Å². The molecule has 0 saturated carbocycles. The number of amides is 1. The quantitative estimate of drug-likeness (QED) is 0.544. The summed E-state index contributed by atoms with van der Waals surface area (Å²) in [5, 5.41) is 17.3. The highest BCUT2D eigenvalue weighted by Crippen LogP contribution is 2.17. The van der Waals surface area contributed by atoms with Gasteiger partial charge in [-0.3, -0.25) is 14.9 Å². The monoisotopic (exact) mass is 339 g/mol. The highest BCUT2D eigenvalue weighted by Gasteiger charge is 2.07. The first-order valence-electron chi connectivity index (χ1n) is 7.24. The number of anilines is 1. The number of nitro benzene ring substituents is 1. The SMILES string of the molecule is O=C(COc1ccc([N+](=O)[O-])cc1)Nc1ccc(-n2cncn2)cc1. The summed E-state index contributed by atoms with van der Waals surface area (Å²) >= 11 is 0. The van der Waals surface area contributed by atoms with Crippen LogP contribution in [0.3, 0.4) is 0 Å². The van der Waals surface area contributed by atoms with Crippen molar-refractivity contribution in [3.63, 3.8) is 0 Å². The van der Waals surface area contributed by atoms with Gasteiger partial charge in [0.2, 0.25) is 0 Å². The zero-order chi connectivity index (χ0) is 17.6. The molecule has 0 aliphatic heterocycles. The molecule has 0 aliphatic rings. The van der Waals surface area contributed by atoms with Crippen LogP contribution in [-0.2, 0) is 4.79 Å². The molecule has 1 aromatic heterocycles. The number of rotatable bonds is 6. The molecule has 0 fully saturated rings. The number of nitrogens with zero attached hydrogens (tertiary/aromatic N) is 4. The van der Waals surface area contributed by atoms with Crippen molar-refractivity contribution >= 4 is 17.3 Å². The number of aromatic nitrogens is 3. The van der Waals surface area contributed by atoms with Crippen LogP contribution < -0.4 is 10.1 Å². The van der Waals surface area contributed by atoms with E-state index in [1.54, 1.807) is 35.3 Å². The van der Waals surface area contributed by atoms with Crippen LogP contribution in [0.4, 0.5) is 11.4 Å². The van der Waals surface area contributed by atoms with Crippen LogP contribution in [0, 0.1) is 10.1 Å². The minimum Gasteiger partial charge on any atom is -0.484 e. The van der Waals surface area contributed by atoms with E-state index in [0.717, 1.165) is 5.69 Å². The molecule has 1 N–H and O–H groups in total. The summed E-state index contributed by atoms with van der Waals surface area (Å²) in [4.78, 5) is 25.8. The molecule has 25 heavy (non-hydrogen) atoms. The second-order valence-corrected chi connectivity index (χ2v) is 4.97. The van der Waals surface area contributed by atoms with Gasteiger partial charge in [-0.1, -0.05) is 0 Å². The average molecular weight is 339 g/mol. The molecular formula is C16H13N5O4. The summed E-state index contributed by atoms with van der Waals surface area (Å²) in [6, 6.07) is 12.6. The van der Waals surface area contributed by atoms with Crippen LogP contribution >= 0.6 is 0 Å². The number of hydrogen-bond donors (Lipinski definition) is 1. The van der Waals surface area contributed by atoms with E-state index in [1.165, 1.54) is 30.6 Å². The van der Waals surface area contributed by atoms with Crippen LogP contribution in [-0.4, -0.2) is 32.2 Å². The maximum Gasteiger partial charge on any atom is 0.269 e. The number of ether oxygens (including phenoxy) is 1. The first kappa shape index (κ1) is 16.1. The zero-order valence-electron chi connectivity index (χ0n) is 12.9. The number of nitro groups is 1. The fraction of sp³-hybridized carbons (Fsp3) is 0.0625. The Labute approximate surface area is 142 Å². The van der Waals surface area contributed by atoms with Crippen molar-refractivity contribution in [2.75, 3.05) is 11.9 Å². The molecule has 126 valence electrons. The third kappa shape index (κ3) is 4.16. The zero-order valence-corrected chi connectivity index (χ0v) is 12.9. The topological polar surface area (TPSA) is 112 Å². The Hall–Kier alpha value is -3.75. The van der Waals surface area contributed by atoms with Gasteiger partial charge in [0, 0.05) is 17.8 Å². The minimum atomic E-state index is -0.501. The third-order valence-corrected chi connectivity index (χ3v) is 3.25. The fourth-order valence-electron chi connectivity index (χ4n) is 2.05. The van der Waals surface area contributed by atoms with Gasteiger partial charge in [0.1, 0.15) is 18.4 Å². The predicted molar refractivity (Wildman–Crippen MR) is 88.6 cm³/mol. The number of benzene rings is 2. The maximum atomic E-state index is 11.9. The summed E-state index contributed by atoms with van der Waals surface area (Å²) in [5.74, 6) is 0.0362. The second-order valence-electron chi connectivity index (χ2n) is 4.97. The van der Waals surface area contributed by atoms with Crippen LogP contribution in [0.2, 0.25) is 0 Å². The molecular weight excluding hydrogens is 326 g/mol. The van der Waals surface area contributed by atoms with Crippen LogP contribution in [0.1, 0.15) is 0 Å². The van der Waals surface area contributed by atoms with Crippen molar-refractivity contribution in [1.82, 2.24) is 14.8 Å². The molecule has 1 heterocycles. The Bertz CT molecular complexity index is 861. The standard InChI is InChI=1S/C16H13N5O4/c22-16(9-25-15-7-5-14(6-8-15)21(23)24)19-12-1-3-13(4-2-12)20-11-17-10-18-20/h1-8,10-11H,9H2,(H,19,22). The van der Waals surface area contributed by atoms with Gasteiger partial charge in [0.25, 0.3) is 11.6 Å². The number of non-ortho nitro benzene ring substituents is 1. The molecule has 1 amide bonds. The number of nitrogens with one attached hydrogen (secondary N) is 1. The number of hydrogen-bond acceptors (Lipinski definition) is 6. The van der Waals surface area contributed by atoms with Gasteiger partial charge in [0.15, 0.2) is 6.61 Å². The summed E-state index contributed by atoms with van der Waals surface area (Å²) in [6.45, 7) is -0.206. The van der Waals surface area contributed by atoms with E-state index in [2.05, 4.69) is 15.4 Å². The lowest BCUT2D eigenvalue weighted by molar-refractivity contribution is -0.384. The summed E-state index contributed by atoms with van der Waals surface area (Å²) in [7, 11) is 0. The van der Waals surface area contributed by atoms with Gasteiger partial charge >= 0.3 is 0 Å². The van der Waals surface area contributed by atoms with Crippen LogP contribution in [0.25, 0.3) is 5.69 Å². The Balaban J connectivity index is 1.53. The van der Waals surface area contributed by atoms with Gasteiger partial charge < -0.3 is 10.1 Å². The molecule has 0 unspecified atom stereocenters. The normalized spacial score (nSPS) is 10.2. The summed E-state index contributed by atoms with van der Waals surface area (Å²) in [6.07, 6.45) is 3.01. The molecule has 3 aromatic rings. The lowest BCUT2D eigenvalue weighted by Gasteiger charge is -2.08. The van der Waals surface area contributed by atoms with Crippen molar-refractivity contribution in [1.29, 1.82) is 0 Å². The van der Waals surface area contributed by atoms with E-state index in [9.17, 15) is 14.9 Å². The Morgan fingerprint density at radius 1 is 1.16 bits per heavy atom. The van der Waals surface area contributed by atoms with Gasteiger partial charge in [-0.2, -0.15) is 5.10 Å². The lowest BCUT2D eigenvalue weighted by atomic mass is 10.3. The Morgan fingerprint density at radius 3 is 2.48 bits per heavy atom. The van der Waals surface area contributed by atoms with Gasteiger partial charge in [-0.05, 0) is 36.4 Å². The smallest absolute Gasteiger partial charge is 0.269 e. The van der Waals surface area contributed by atoms with Gasteiger partial charge in [-0.25, -0.2) is 9.67 Å². The third-order valence-electron chi connectivity index (χ3n) is 3.25. The van der Waals surface area contributed by atoms with E-state index in [0.29, 0.717) is 11.4 Å². The minimum absolute atomic E-state index is 0.0377. The van der Waals surface area contributed by atoms with E-state index in [1.807, 2.05) is 0 Å². The first-order valence-corrected chi connectivity index (χ1v) is 7.24. The molecule has 0 saturated heterocycles. The van der Waals surface area contributed by atoms with Crippen molar-refractivity contribution in [3.05, 3.63) is 71.3 Å². The molecule has 0 aliphatic carbocycles. The molecule has 9 heteroatoms. The average Bonchev–Trinajstić information content (AvgIpc) is 3.15. The Morgan fingerprint density at radius 2 is 1.88 bits per heavy atom. The highest BCUT2D eigenvalue weighted by atomic mass is 16.6. The molecule has 0 radical (unpaired) electrons. The molecule has 9 nitrogen and oxygen atoms in total. The van der Waals surface area contributed by atoms with Gasteiger partial charge in [-0.15, -0.1) is 0 Å². The highest BCUT2D eigenvalue weighted by molar-refractivity contribution is 5.91. The molecule has 0 spiro atoms. The maximum absolute atomic E-state index is 11.9. The van der Waals surface area contributed by atoms with E-state index in [4.69, 9.17) is 4.74 Å². The molecule has 3 rings (SSSR count). The summed E-state index contributed by atoms with van der Waals surface area (Å²) < 4.78 is 6.90. The van der Waals surface area contributed by atoms with Crippen molar-refractivity contribution < 1.29 is 14.5 Å². The molecule has 0 atom stereocenters. The number of carbonyl (C=O) groups excluding carboxylic acids is 1. The first-order chi connectivity index (χ1) is 12.1. The van der Waals surface area contributed by atoms with E-state index in [-0.39, 0.29) is 18.2 Å². The predicted octanol–water partition coefficient (Wildman–Crippen LogP) is 2.19. The molecule has 0 bridgehead atoms. The second kappa shape index (κ2) is 7.21. The summed E-state index contributed by atoms with van der Waals surface area (Å²) in [5.41, 5.74) is 1.39. The fourth-order valence-corrected chi connectivity index (χ4v) is 2.05.